The van der Waals surface area contributed by atoms with E-state index in [1.807, 2.05) is 19.9 Å². The van der Waals surface area contributed by atoms with Crippen molar-refractivity contribution in [3.05, 3.63) is 51.5 Å². The lowest BCUT2D eigenvalue weighted by Crippen LogP contribution is -2.36. The Hall–Kier alpha value is -2.62. The maximum atomic E-state index is 12.6. The number of carbonyl (C=O) groups is 1. The fraction of sp³-hybridized carbons (Fsp3) is 0.389. The van der Waals surface area contributed by atoms with Crippen LogP contribution in [0.15, 0.2) is 34.6 Å². The Morgan fingerprint density at radius 3 is 2.57 bits per heavy atom. The Morgan fingerprint density at radius 2 is 1.93 bits per heavy atom. The number of guanidine groups is 1. The normalized spacial score (nSPS) is 12.0. The van der Waals surface area contributed by atoms with E-state index in [4.69, 9.17) is 0 Å². The van der Waals surface area contributed by atoms with Crippen LogP contribution in [-0.2, 0) is 19.3 Å². The largest absolute Gasteiger partial charge is 0.434 e. The second-order valence-electron chi connectivity index (χ2n) is 5.73. The monoisotopic (exact) mass is 413 g/mol. The fourth-order valence-electron chi connectivity index (χ4n) is 2.27. The van der Waals surface area contributed by atoms with E-state index < -0.39 is 11.9 Å². The number of alkyl halides is 3. The van der Waals surface area contributed by atoms with Crippen molar-refractivity contribution in [3.8, 4) is 0 Å². The molecule has 1 aromatic heterocycles. The zero-order valence-corrected chi connectivity index (χ0v) is 16.4. The van der Waals surface area contributed by atoms with Gasteiger partial charge >= 0.3 is 6.18 Å². The second kappa shape index (κ2) is 10.1. The van der Waals surface area contributed by atoms with Crippen LogP contribution >= 0.6 is 11.3 Å². The Labute approximate surface area is 165 Å². The van der Waals surface area contributed by atoms with Crippen molar-refractivity contribution in [1.29, 1.82) is 0 Å². The van der Waals surface area contributed by atoms with Crippen molar-refractivity contribution in [1.82, 2.24) is 20.9 Å². The van der Waals surface area contributed by atoms with Crippen LogP contribution in [-0.4, -0.2) is 29.9 Å². The molecule has 0 spiro atoms. The zero-order valence-electron chi connectivity index (χ0n) is 15.6. The van der Waals surface area contributed by atoms with Crippen molar-refractivity contribution >= 4 is 23.2 Å². The molecule has 0 radical (unpaired) electrons. The summed E-state index contributed by atoms with van der Waals surface area (Å²) >= 11 is 0.940. The predicted molar refractivity (Wildman–Crippen MR) is 103 cm³/mol. The van der Waals surface area contributed by atoms with E-state index in [9.17, 15) is 18.0 Å². The molecule has 28 heavy (non-hydrogen) atoms. The molecule has 0 aliphatic rings. The molecular formula is C18H22F3N5OS. The van der Waals surface area contributed by atoms with E-state index in [-0.39, 0.29) is 12.5 Å². The first-order valence-electron chi connectivity index (χ1n) is 8.74. The maximum absolute atomic E-state index is 12.6. The molecule has 0 saturated carbocycles. The Kier molecular flexibility index (Phi) is 7.80. The third-order valence-electron chi connectivity index (χ3n) is 3.54. The van der Waals surface area contributed by atoms with Gasteiger partial charge in [0.2, 0.25) is 0 Å². The van der Waals surface area contributed by atoms with Gasteiger partial charge in [0.15, 0.2) is 11.7 Å². The molecule has 10 heteroatoms. The van der Waals surface area contributed by atoms with Crippen LogP contribution in [0.5, 0.6) is 0 Å². The Bertz CT molecular complexity index is 820. The first-order valence-corrected chi connectivity index (χ1v) is 9.62. The maximum Gasteiger partial charge on any atom is 0.434 e. The Morgan fingerprint density at radius 1 is 1.18 bits per heavy atom. The van der Waals surface area contributed by atoms with E-state index in [0.29, 0.717) is 36.2 Å². The summed E-state index contributed by atoms with van der Waals surface area (Å²) in [6.45, 7) is 5.32. The van der Waals surface area contributed by atoms with Crippen LogP contribution in [0.3, 0.4) is 0 Å². The van der Waals surface area contributed by atoms with Gasteiger partial charge in [-0.15, -0.1) is 11.3 Å². The van der Waals surface area contributed by atoms with Gasteiger partial charge in [-0.1, -0.05) is 12.1 Å². The van der Waals surface area contributed by atoms with Crippen LogP contribution in [0.25, 0.3) is 0 Å². The van der Waals surface area contributed by atoms with Crippen LogP contribution in [0.4, 0.5) is 13.2 Å². The van der Waals surface area contributed by atoms with Gasteiger partial charge in [-0.05, 0) is 31.5 Å². The average Bonchev–Trinajstić information content (AvgIpc) is 3.14. The van der Waals surface area contributed by atoms with Crippen molar-refractivity contribution < 1.29 is 18.0 Å². The summed E-state index contributed by atoms with van der Waals surface area (Å²) in [5, 5.41) is 10.1. The van der Waals surface area contributed by atoms with Gasteiger partial charge in [-0.25, -0.2) is 9.98 Å². The van der Waals surface area contributed by atoms with Crippen LogP contribution < -0.4 is 16.0 Å². The van der Waals surface area contributed by atoms with Gasteiger partial charge < -0.3 is 16.0 Å². The van der Waals surface area contributed by atoms with E-state index >= 15 is 0 Å². The number of nitrogens with zero attached hydrogens (tertiary/aromatic N) is 2. The van der Waals surface area contributed by atoms with Gasteiger partial charge in [0, 0.05) is 24.0 Å². The number of thiazole rings is 1. The highest BCUT2D eigenvalue weighted by molar-refractivity contribution is 7.09. The molecule has 152 valence electrons. The number of hydrogen-bond acceptors (Lipinski definition) is 4. The minimum atomic E-state index is -4.44. The second-order valence-corrected chi connectivity index (χ2v) is 6.68. The lowest BCUT2D eigenvalue weighted by molar-refractivity contribution is -0.140. The smallest absolute Gasteiger partial charge is 0.357 e. The summed E-state index contributed by atoms with van der Waals surface area (Å²) in [7, 11) is 0. The molecule has 2 rings (SSSR count). The number of halogens is 3. The van der Waals surface area contributed by atoms with E-state index in [1.54, 1.807) is 18.2 Å². The van der Waals surface area contributed by atoms with Crippen LogP contribution in [0.2, 0.25) is 0 Å². The summed E-state index contributed by atoms with van der Waals surface area (Å²) in [5.41, 5.74) is 0.503. The van der Waals surface area contributed by atoms with Gasteiger partial charge in [-0.3, -0.25) is 4.79 Å². The molecule has 0 atom stereocenters. The van der Waals surface area contributed by atoms with Crippen molar-refractivity contribution in [3.63, 3.8) is 0 Å². The van der Waals surface area contributed by atoms with Crippen LogP contribution in [0.1, 0.15) is 40.5 Å². The number of aliphatic imine (C=N–C) groups is 1. The number of benzene rings is 1. The van der Waals surface area contributed by atoms with Crippen molar-refractivity contribution in [2.75, 3.05) is 13.1 Å². The number of aromatic nitrogens is 1. The van der Waals surface area contributed by atoms with Gasteiger partial charge in [0.25, 0.3) is 5.91 Å². The van der Waals surface area contributed by atoms with Crippen molar-refractivity contribution in [2.45, 2.75) is 33.1 Å². The number of rotatable bonds is 7. The fourth-order valence-corrected chi connectivity index (χ4v) is 3.01. The summed E-state index contributed by atoms with van der Waals surface area (Å²) in [6, 6.07) is 7.12. The molecule has 2 aromatic rings. The molecule has 0 aliphatic heterocycles. The van der Waals surface area contributed by atoms with Gasteiger partial charge in [0.1, 0.15) is 5.01 Å². The van der Waals surface area contributed by atoms with Crippen molar-refractivity contribution in [2.24, 2.45) is 4.99 Å². The summed E-state index contributed by atoms with van der Waals surface area (Å²) in [6.07, 6.45) is -4.44. The molecule has 0 saturated heterocycles. The number of amides is 1. The molecule has 1 amide bonds. The molecule has 3 N–H and O–H groups in total. The summed E-state index contributed by atoms with van der Waals surface area (Å²) in [4.78, 5) is 19.9. The molecule has 1 aromatic carbocycles. The quantitative estimate of drug-likeness (QED) is 0.481. The molecule has 0 aliphatic carbocycles. The highest BCUT2D eigenvalue weighted by atomic mass is 32.1. The lowest BCUT2D eigenvalue weighted by atomic mass is 10.1. The zero-order chi connectivity index (χ0) is 20.6. The summed E-state index contributed by atoms with van der Waals surface area (Å²) in [5.74, 6) is 0.303. The Balaban J connectivity index is 2.01. The standard InChI is InChI=1S/C18H22F3N5OS/c1-3-22-16(27)13-7-5-6-12(8-13)9-24-17(23-4-2)25-10-15-26-14(11-28-15)18(19,20)21/h5-8,11H,3-4,9-10H2,1-2H3,(H,22,27)(H2,23,24,25). The highest BCUT2D eigenvalue weighted by Gasteiger charge is 2.33. The molecule has 0 bridgehead atoms. The number of hydrogen-bond donors (Lipinski definition) is 3. The summed E-state index contributed by atoms with van der Waals surface area (Å²) < 4.78 is 37.9. The third kappa shape index (κ3) is 6.52. The first-order chi connectivity index (χ1) is 13.3. The SMILES string of the molecule is CCNC(=O)c1cccc(CN=C(NCC)NCc2nc(C(F)(F)F)cs2)c1. The third-order valence-corrected chi connectivity index (χ3v) is 4.39. The first kappa shape index (κ1) is 21.7. The topological polar surface area (TPSA) is 78.4 Å². The van der Waals surface area contributed by atoms with Crippen LogP contribution in [0, 0.1) is 0 Å². The minimum Gasteiger partial charge on any atom is -0.357 e. The predicted octanol–water partition coefficient (Wildman–Crippen LogP) is 3.17. The molecule has 1 heterocycles. The number of carbonyl (C=O) groups excluding carboxylic acids is 1. The lowest BCUT2D eigenvalue weighted by Gasteiger charge is -2.10. The minimum absolute atomic E-state index is 0.130. The molecule has 0 unspecified atom stereocenters. The van der Waals surface area contributed by atoms with E-state index in [0.717, 1.165) is 22.3 Å². The number of nitrogens with one attached hydrogen (secondary N) is 3. The molecule has 6 nitrogen and oxygen atoms in total. The average molecular weight is 413 g/mol. The van der Waals surface area contributed by atoms with Gasteiger partial charge in [-0.2, -0.15) is 13.2 Å². The highest BCUT2D eigenvalue weighted by Crippen LogP contribution is 2.29. The molecule has 0 fully saturated rings. The van der Waals surface area contributed by atoms with E-state index in [2.05, 4.69) is 25.9 Å². The van der Waals surface area contributed by atoms with Gasteiger partial charge in [0.05, 0.1) is 13.1 Å². The van der Waals surface area contributed by atoms with E-state index in [1.165, 1.54) is 0 Å². The molecular weight excluding hydrogens is 391 g/mol.